The highest BCUT2D eigenvalue weighted by Crippen LogP contribution is 2.47. The molecule has 35 heavy (non-hydrogen) atoms. The highest BCUT2D eigenvalue weighted by molar-refractivity contribution is 6.45. The molecule has 0 unspecified atom stereocenters. The van der Waals surface area contributed by atoms with E-state index in [0.29, 0.717) is 35.2 Å². The van der Waals surface area contributed by atoms with Crippen LogP contribution in [0.4, 0.5) is 5.69 Å². The maximum Gasteiger partial charge on any atom is 0.243 e. The number of fused-ring (bicyclic) bond motifs is 1. The first-order valence-corrected chi connectivity index (χ1v) is 11.7. The van der Waals surface area contributed by atoms with Crippen molar-refractivity contribution in [2.24, 2.45) is 5.92 Å². The summed E-state index contributed by atoms with van der Waals surface area (Å²) < 4.78 is 5.74. The summed E-state index contributed by atoms with van der Waals surface area (Å²) in [7, 11) is 0. The fourth-order valence-corrected chi connectivity index (χ4v) is 4.41. The molecule has 1 aromatic heterocycles. The Hall–Kier alpha value is -3.82. The number of hydrogen-bond acceptors (Lipinski definition) is 8. The van der Waals surface area contributed by atoms with Gasteiger partial charge in [0.15, 0.2) is 11.6 Å². The van der Waals surface area contributed by atoms with Crippen LogP contribution in [0.3, 0.4) is 0 Å². The van der Waals surface area contributed by atoms with Crippen LogP contribution in [0.25, 0.3) is 0 Å². The second-order valence-electron chi connectivity index (χ2n) is 9.22. The van der Waals surface area contributed by atoms with Gasteiger partial charge in [0.25, 0.3) is 0 Å². The van der Waals surface area contributed by atoms with E-state index in [1.54, 1.807) is 41.6 Å². The number of piperidine rings is 1. The van der Waals surface area contributed by atoms with E-state index in [-0.39, 0.29) is 42.8 Å². The maximum absolute atomic E-state index is 13.1. The molecule has 10 heteroatoms. The Morgan fingerprint density at radius 1 is 1.20 bits per heavy atom. The lowest BCUT2D eigenvalue weighted by Gasteiger charge is -2.28. The first kappa shape index (κ1) is 24.3. The zero-order valence-electron chi connectivity index (χ0n) is 20.1. The van der Waals surface area contributed by atoms with Gasteiger partial charge in [-0.15, -0.1) is 0 Å². The second-order valence-corrected chi connectivity index (χ2v) is 9.22. The van der Waals surface area contributed by atoms with Gasteiger partial charge in [-0.25, -0.2) is 9.97 Å². The van der Waals surface area contributed by atoms with Gasteiger partial charge in [-0.05, 0) is 56.9 Å². The number of nitrogens with one attached hydrogen (secondary N) is 3. The predicted molar refractivity (Wildman–Crippen MR) is 129 cm³/mol. The van der Waals surface area contributed by atoms with Gasteiger partial charge in [0.05, 0.1) is 6.54 Å². The SMILES string of the molecule is CC(=O)C(=N)c1cc(OCc2ncccn2)ccc1NCC(=O)N1[C@@H]2C[C@@H]2C[C@H]1C(=O)NC(C)C. The molecule has 1 saturated carbocycles. The van der Waals surface area contributed by atoms with Crippen LogP contribution < -0.4 is 15.4 Å². The number of ether oxygens (including phenoxy) is 1. The zero-order valence-corrected chi connectivity index (χ0v) is 20.1. The largest absolute Gasteiger partial charge is 0.486 e. The maximum atomic E-state index is 13.1. The lowest BCUT2D eigenvalue weighted by Crippen LogP contribution is -2.50. The van der Waals surface area contributed by atoms with Crippen molar-refractivity contribution >= 4 is 29.0 Å². The molecule has 3 atom stereocenters. The van der Waals surface area contributed by atoms with Gasteiger partial charge in [0.1, 0.15) is 24.1 Å². The molecule has 0 bridgehead atoms. The molecule has 10 nitrogen and oxygen atoms in total. The first-order chi connectivity index (χ1) is 16.7. The van der Waals surface area contributed by atoms with Crippen molar-refractivity contribution in [1.82, 2.24) is 20.2 Å². The van der Waals surface area contributed by atoms with Crippen molar-refractivity contribution < 1.29 is 19.1 Å². The summed E-state index contributed by atoms with van der Waals surface area (Å²) in [4.78, 5) is 47.6. The molecule has 2 aromatic rings. The summed E-state index contributed by atoms with van der Waals surface area (Å²) in [6.07, 6.45) is 4.85. The first-order valence-electron chi connectivity index (χ1n) is 11.7. The van der Waals surface area contributed by atoms with Crippen LogP contribution in [-0.4, -0.2) is 62.8 Å². The average Bonchev–Trinajstić information content (AvgIpc) is 3.50. The second kappa shape index (κ2) is 10.2. The van der Waals surface area contributed by atoms with Crippen molar-refractivity contribution in [1.29, 1.82) is 5.41 Å². The summed E-state index contributed by atoms with van der Waals surface area (Å²) >= 11 is 0. The fraction of sp³-hybridized carbons (Fsp3) is 0.440. The Bertz CT molecular complexity index is 1140. The van der Waals surface area contributed by atoms with E-state index in [0.717, 1.165) is 6.42 Å². The Kier molecular flexibility index (Phi) is 7.09. The molecular weight excluding hydrogens is 448 g/mol. The van der Waals surface area contributed by atoms with Gasteiger partial charge in [0.2, 0.25) is 11.8 Å². The summed E-state index contributed by atoms with van der Waals surface area (Å²) in [5.74, 6) is 0.621. The number of likely N-dealkylation sites (tertiary alicyclic amines) is 1. The van der Waals surface area contributed by atoms with Crippen LogP contribution in [0.2, 0.25) is 0 Å². The quantitative estimate of drug-likeness (QED) is 0.444. The van der Waals surface area contributed by atoms with Crippen molar-refractivity contribution in [2.75, 3.05) is 11.9 Å². The lowest BCUT2D eigenvalue weighted by atomic mass is 10.0. The normalized spacial score (nSPS) is 20.2. The number of anilines is 1. The van der Waals surface area contributed by atoms with Crippen molar-refractivity contribution in [3.05, 3.63) is 48.0 Å². The van der Waals surface area contributed by atoms with E-state index in [2.05, 4.69) is 20.6 Å². The number of amides is 2. The van der Waals surface area contributed by atoms with Gasteiger partial charge >= 0.3 is 0 Å². The molecule has 1 aromatic carbocycles. The number of ketones is 1. The van der Waals surface area contributed by atoms with Crippen molar-refractivity contribution in [3.63, 3.8) is 0 Å². The summed E-state index contributed by atoms with van der Waals surface area (Å²) in [6, 6.07) is 6.32. The highest BCUT2D eigenvalue weighted by Gasteiger charge is 2.55. The molecule has 4 rings (SSSR count). The molecule has 2 fully saturated rings. The number of carbonyl (C=O) groups is 3. The number of rotatable bonds is 10. The van der Waals surface area contributed by atoms with Crippen molar-refractivity contribution in [2.45, 2.75) is 58.3 Å². The van der Waals surface area contributed by atoms with E-state index in [1.165, 1.54) is 6.92 Å². The highest BCUT2D eigenvalue weighted by atomic mass is 16.5. The molecule has 1 aliphatic carbocycles. The van der Waals surface area contributed by atoms with Gasteiger partial charge in [-0.1, -0.05) is 0 Å². The number of aromatic nitrogens is 2. The average molecular weight is 479 g/mol. The number of Topliss-reactive ketones (excluding diaryl/α,β-unsaturated/α-hetero) is 1. The third kappa shape index (κ3) is 5.64. The Balaban J connectivity index is 1.45. The van der Waals surface area contributed by atoms with Crippen LogP contribution in [0.1, 0.15) is 45.0 Å². The monoisotopic (exact) mass is 478 g/mol. The van der Waals surface area contributed by atoms with Gasteiger partial charge in [-0.2, -0.15) is 0 Å². The number of hydrogen-bond donors (Lipinski definition) is 3. The summed E-state index contributed by atoms with van der Waals surface area (Å²) in [6.45, 7) is 5.19. The number of carbonyl (C=O) groups excluding carboxylic acids is 3. The molecule has 3 N–H and O–H groups in total. The minimum atomic E-state index is -0.457. The Morgan fingerprint density at radius 2 is 1.94 bits per heavy atom. The third-order valence-corrected chi connectivity index (χ3v) is 6.16. The summed E-state index contributed by atoms with van der Waals surface area (Å²) in [5.41, 5.74) is 0.604. The van der Waals surface area contributed by atoms with E-state index >= 15 is 0 Å². The lowest BCUT2D eigenvalue weighted by molar-refractivity contribution is -0.138. The van der Waals surface area contributed by atoms with E-state index in [4.69, 9.17) is 10.1 Å². The summed E-state index contributed by atoms with van der Waals surface area (Å²) in [5, 5.41) is 14.2. The number of benzene rings is 1. The topological polar surface area (TPSA) is 137 Å². The Morgan fingerprint density at radius 3 is 2.63 bits per heavy atom. The van der Waals surface area contributed by atoms with Crippen LogP contribution >= 0.6 is 0 Å². The minimum absolute atomic E-state index is 0.00356. The van der Waals surface area contributed by atoms with Gasteiger partial charge in [-0.3, -0.25) is 19.8 Å². The zero-order chi connectivity index (χ0) is 25.1. The van der Waals surface area contributed by atoms with Gasteiger partial charge in [0, 0.05) is 42.7 Å². The molecule has 0 spiro atoms. The standard InChI is InChI=1S/C25H30N6O4/c1-14(2)30-25(34)21-10-16-9-20(16)31(21)23(33)12-29-19-6-5-17(11-18(19)24(26)15(3)32)35-13-22-27-7-4-8-28-22/h4-8,11,14,16,20-21,26,29H,9-10,12-13H2,1-3H3,(H,30,34)/t16-,20-,21+/m1/s1. The predicted octanol–water partition coefficient (Wildman–Crippen LogP) is 1.94. The number of nitrogens with zero attached hydrogens (tertiary/aromatic N) is 3. The molecular formula is C25H30N6O4. The third-order valence-electron chi connectivity index (χ3n) is 6.16. The smallest absolute Gasteiger partial charge is 0.243 e. The fourth-order valence-electron chi connectivity index (χ4n) is 4.41. The van der Waals surface area contributed by atoms with Crippen molar-refractivity contribution in [3.8, 4) is 5.75 Å². The molecule has 2 aliphatic rings. The molecule has 0 radical (unpaired) electrons. The molecule has 2 amide bonds. The van der Waals surface area contributed by atoms with E-state index < -0.39 is 11.8 Å². The molecule has 184 valence electrons. The Labute approximate surface area is 204 Å². The minimum Gasteiger partial charge on any atom is -0.486 e. The van der Waals surface area contributed by atoms with Gasteiger partial charge < -0.3 is 20.3 Å². The van der Waals surface area contributed by atoms with Crippen LogP contribution in [-0.2, 0) is 21.0 Å². The van der Waals surface area contributed by atoms with Crippen LogP contribution in [0.15, 0.2) is 36.7 Å². The van der Waals surface area contributed by atoms with E-state index in [9.17, 15) is 14.4 Å². The molecule has 1 aliphatic heterocycles. The molecule has 2 heterocycles. The molecule has 1 saturated heterocycles. The van der Waals surface area contributed by atoms with Crippen LogP contribution in [0.5, 0.6) is 5.75 Å². The van der Waals surface area contributed by atoms with E-state index in [1.807, 2.05) is 13.8 Å². The van der Waals surface area contributed by atoms with Crippen LogP contribution in [0, 0.1) is 11.3 Å².